The molecule has 112 valence electrons. The van der Waals surface area contributed by atoms with Gasteiger partial charge in [-0.05, 0) is 18.6 Å². The summed E-state index contributed by atoms with van der Waals surface area (Å²) in [6, 6.07) is 5.00. The van der Waals surface area contributed by atoms with Crippen LogP contribution in [0, 0.1) is 17.1 Å². The lowest BCUT2D eigenvalue weighted by molar-refractivity contribution is -0.129. The van der Waals surface area contributed by atoms with Crippen LogP contribution in [0.3, 0.4) is 0 Å². The van der Waals surface area contributed by atoms with Crippen molar-refractivity contribution in [1.29, 1.82) is 5.26 Å². The van der Waals surface area contributed by atoms with E-state index in [1.165, 1.54) is 17.0 Å². The summed E-state index contributed by atoms with van der Waals surface area (Å²) in [7, 11) is -2.49. The number of amides is 1. The van der Waals surface area contributed by atoms with E-state index in [-0.39, 0.29) is 19.0 Å². The minimum Gasteiger partial charge on any atom is -0.345 e. The van der Waals surface area contributed by atoms with Crippen molar-refractivity contribution in [3.63, 3.8) is 0 Å². The molecule has 0 saturated carbocycles. The Balaban J connectivity index is 2.46. The zero-order valence-corrected chi connectivity index (χ0v) is 12.2. The van der Waals surface area contributed by atoms with Gasteiger partial charge in [-0.2, -0.15) is 9.57 Å². The molecule has 1 saturated heterocycles. The molecule has 1 amide bonds. The van der Waals surface area contributed by atoms with Gasteiger partial charge in [-0.15, -0.1) is 0 Å². The van der Waals surface area contributed by atoms with Gasteiger partial charge < -0.3 is 4.90 Å². The van der Waals surface area contributed by atoms with Gasteiger partial charge in [-0.1, -0.05) is 6.07 Å². The molecular formula is C13H14FN3O3S. The van der Waals surface area contributed by atoms with Gasteiger partial charge in [0.25, 0.3) is 0 Å². The maximum Gasteiger partial charge on any atom is 0.244 e. The molecule has 1 aliphatic rings. The highest BCUT2D eigenvalue weighted by Gasteiger charge is 2.32. The minimum absolute atomic E-state index is 0.153. The van der Waals surface area contributed by atoms with Gasteiger partial charge in [0.05, 0.1) is 6.54 Å². The van der Waals surface area contributed by atoms with E-state index in [1.54, 1.807) is 13.1 Å². The second-order valence-electron chi connectivity index (χ2n) is 4.73. The number of likely N-dealkylation sites (N-methyl/N-ethyl adjacent to an activating group) is 1. The van der Waals surface area contributed by atoms with Crippen LogP contribution in [0.4, 0.5) is 4.39 Å². The highest BCUT2D eigenvalue weighted by Crippen LogP contribution is 2.23. The van der Waals surface area contributed by atoms with Crippen LogP contribution in [-0.2, 0) is 14.8 Å². The lowest BCUT2D eigenvalue weighted by atomic mass is 10.2. The van der Waals surface area contributed by atoms with E-state index in [0.29, 0.717) is 13.0 Å². The van der Waals surface area contributed by atoms with Crippen LogP contribution < -0.4 is 0 Å². The van der Waals surface area contributed by atoms with Crippen LogP contribution in [0.2, 0.25) is 0 Å². The molecule has 1 fully saturated rings. The molecule has 1 aromatic carbocycles. The maximum atomic E-state index is 13.6. The van der Waals surface area contributed by atoms with Gasteiger partial charge in [0.1, 0.15) is 22.3 Å². The highest BCUT2D eigenvalue weighted by molar-refractivity contribution is 7.89. The Morgan fingerprint density at radius 1 is 1.33 bits per heavy atom. The van der Waals surface area contributed by atoms with Gasteiger partial charge in [0, 0.05) is 20.1 Å². The van der Waals surface area contributed by atoms with Crippen LogP contribution >= 0.6 is 0 Å². The summed E-state index contributed by atoms with van der Waals surface area (Å²) in [5.41, 5.74) is -0.525. The molecule has 0 bridgehead atoms. The normalized spacial score (nSPS) is 17.4. The minimum atomic E-state index is -4.08. The molecule has 0 unspecified atom stereocenters. The van der Waals surface area contributed by atoms with E-state index < -0.39 is 26.3 Å². The van der Waals surface area contributed by atoms with Crippen molar-refractivity contribution >= 4 is 15.9 Å². The van der Waals surface area contributed by atoms with Crippen LogP contribution in [-0.4, -0.2) is 50.2 Å². The number of carbonyl (C=O) groups excluding carboxylic acids is 1. The number of hydrogen-bond donors (Lipinski definition) is 0. The fourth-order valence-corrected chi connectivity index (χ4v) is 3.71. The second-order valence-corrected chi connectivity index (χ2v) is 6.64. The van der Waals surface area contributed by atoms with E-state index in [0.717, 1.165) is 10.4 Å². The van der Waals surface area contributed by atoms with Crippen molar-refractivity contribution in [3.8, 4) is 6.07 Å². The third-order valence-corrected chi connectivity index (χ3v) is 5.23. The lowest BCUT2D eigenvalue weighted by Crippen LogP contribution is -2.38. The lowest BCUT2D eigenvalue weighted by Gasteiger charge is -2.20. The summed E-state index contributed by atoms with van der Waals surface area (Å²) < 4.78 is 39.7. The summed E-state index contributed by atoms with van der Waals surface area (Å²) in [4.78, 5) is 12.9. The first kappa shape index (κ1) is 15.4. The Morgan fingerprint density at radius 2 is 2.05 bits per heavy atom. The molecule has 6 nitrogen and oxygen atoms in total. The van der Waals surface area contributed by atoms with Crippen molar-refractivity contribution in [2.24, 2.45) is 0 Å². The first-order chi connectivity index (χ1) is 9.87. The number of hydrogen-bond acceptors (Lipinski definition) is 4. The fraction of sp³-hybridized carbons (Fsp3) is 0.385. The predicted octanol–water partition coefficient (Wildman–Crippen LogP) is 0.550. The molecule has 0 N–H and O–H groups in total. The summed E-state index contributed by atoms with van der Waals surface area (Å²) in [5.74, 6) is -1.22. The SMILES string of the molecule is CN1CCCN(S(=O)(=O)c2cccc(F)c2C#N)CC1=O. The number of halogens is 1. The molecule has 0 aliphatic carbocycles. The largest absolute Gasteiger partial charge is 0.345 e. The zero-order chi connectivity index (χ0) is 15.6. The molecule has 1 aromatic rings. The van der Waals surface area contributed by atoms with Crippen molar-refractivity contribution in [2.45, 2.75) is 11.3 Å². The number of benzene rings is 1. The van der Waals surface area contributed by atoms with Crippen molar-refractivity contribution in [1.82, 2.24) is 9.21 Å². The summed E-state index contributed by atoms with van der Waals surface area (Å²) in [6.45, 7) is 0.305. The first-order valence-electron chi connectivity index (χ1n) is 6.30. The molecule has 0 radical (unpaired) electrons. The Labute approximate surface area is 122 Å². The molecular weight excluding hydrogens is 297 g/mol. The summed E-state index contributed by atoms with van der Waals surface area (Å²) in [5, 5.41) is 8.96. The highest BCUT2D eigenvalue weighted by atomic mass is 32.2. The Kier molecular flexibility index (Phi) is 4.25. The van der Waals surface area contributed by atoms with Gasteiger partial charge in [-0.3, -0.25) is 4.79 Å². The Bertz CT molecular complexity index is 712. The third kappa shape index (κ3) is 2.89. The molecule has 0 atom stereocenters. The average Bonchev–Trinajstić information content (AvgIpc) is 2.61. The summed E-state index contributed by atoms with van der Waals surface area (Å²) >= 11 is 0. The van der Waals surface area contributed by atoms with Gasteiger partial charge >= 0.3 is 0 Å². The van der Waals surface area contributed by atoms with Gasteiger partial charge in [0.15, 0.2) is 0 Å². The number of rotatable bonds is 2. The quantitative estimate of drug-likeness (QED) is 0.799. The molecule has 8 heteroatoms. The Hall–Kier alpha value is -1.98. The molecule has 1 heterocycles. The molecule has 2 rings (SSSR count). The number of nitriles is 1. The predicted molar refractivity (Wildman–Crippen MR) is 72.1 cm³/mol. The van der Waals surface area contributed by atoms with Gasteiger partial charge in [0.2, 0.25) is 15.9 Å². The van der Waals surface area contributed by atoms with E-state index >= 15 is 0 Å². The first-order valence-corrected chi connectivity index (χ1v) is 7.74. The van der Waals surface area contributed by atoms with E-state index in [2.05, 4.69) is 0 Å². The van der Waals surface area contributed by atoms with Crippen molar-refractivity contribution in [2.75, 3.05) is 26.7 Å². The molecule has 1 aliphatic heterocycles. The van der Waals surface area contributed by atoms with E-state index in [9.17, 15) is 17.6 Å². The Morgan fingerprint density at radius 3 is 2.71 bits per heavy atom. The number of nitrogens with zero attached hydrogens (tertiary/aromatic N) is 3. The number of carbonyl (C=O) groups is 1. The molecule has 21 heavy (non-hydrogen) atoms. The third-order valence-electron chi connectivity index (χ3n) is 3.34. The second kappa shape index (κ2) is 5.79. The smallest absolute Gasteiger partial charge is 0.244 e. The van der Waals surface area contributed by atoms with Crippen LogP contribution in [0.1, 0.15) is 12.0 Å². The van der Waals surface area contributed by atoms with Gasteiger partial charge in [-0.25, -0.2) is 12.8 Å². The van der Waals surface area contributed by atoms with Crippen molar-refractivity contribution in [3.05, 3.63) is 29.6 Å². The summed E-state index contributed by atoms with van der Waals surface area (Å²) in [6.07, 6.45) is 0.485. The fourth-order valence-electron chi connectivity index (χ4n) is 2.13. The monoisotopic (exact) mass is 311 g/mol. The van der Waals surface area contributed by atoms with Crippen LogP contribution in [0.25, 0.3) is 0 Å². The maximum absolute atomic E-state index is 13.6. The topological polar surface area (TPSA) is 81.5 Å². The van der Waals surface area contributed by atoms with Crippen molar-refractivity contribution < 1.29 is 17.6 Å². The van der Waals surface area contributed by atoms with E-state index in [4.69, 9.17) is 5.26 Å². The van der Waals surface area contributed by atoms with Crippen LogP contribution in [0.5, 0.6) is 0 Å². The molecule has 0 spiro atoms. The average molecular weight is 311 g/mol. The molecule has 0 aromatic heterocycles. The van der Waals surface area contributed by atoms with E-state index in [1.807, 2.05) is 0 Å². The zero-order valence-electron chi connectivity index (χ0n) is 11.4. The number of sulfonamides is 1. The standard InChI is InChI=1S/C13H14FN3O3S/c1-16-6-3-7-17(9-13(16)18)21(19,20)12-5-2-4-11(14)10(12)8-15/h2,4-5H,3,6-7,9H2,1H3. The van der Waals surface area contributed by atoms with Crippen LogP contribution in [0.15, 0.2) is 23.1 Å².